The van der Waals surface area contributed by atoms with Gasteiger partial charge in [0.15, 0.2) is 11.6 Å². The maximum atomic E-state index is 14.5. The van der Waals surface area contributed by atoms with Crippen LogP contribution < -0.4 is 9.47 Å². The fourth-order valence-electron chi connectivity index (χ4n) is 4.59. The minimum Gasteiger partial charge on any atom is -0.497 e. The smallest absolute Gasteiger partial charge is 0.165 e. The van der Waals surface area contributed by atoms with Gasteiger partial charge in [-0.05, 0) is 71.0 Å². The molecular formula is C27H26F2O2. The van der Waals surface area contributed by atoms with Gasteiger partial charge in [-0.3, -0.25) is 0 Å². The van der Waals surface area contributed by atoms with Crippen LogP contribution in [0.4, 0.5) is 8.78 Å². The highest BCUT2D eigenvalue weighted by molar-refractivity contribution is 5.77. The van der Waals surface area contributed by atoms with Crippen LogP contribution in [0.3, 0.4) is 0 Å². The van der Waals surface area contributed by atoms with E-state index in [0.717, 1.165) is 40.9 Å². The molecule has 0 spiro atoms. The molecule has 1 atom stereocenters. The van der Waals surface area contributed by atoms with E-state index in [-0.39, 0.29) is 23.3 Å². The maximum Gasteiger partial charge on any atom is 0.165 e. The van der Waals surface area contributed by atoms with Crippen LogP contribution in [0.15, 0.2) is 66.2 Å². The summed E-state index contributed by atoms with van der Waals surface area (Å²) in [5, 5.41) is 0. The molecule has 1 aliphatic carbocycles. The van der Waals surface area contributed by atoms with Crippen molar-refractivity contribution in [3.8, 4) is 11.5 Å². The Kier molecular flexibility index (Phi) is 6.08. The van der Waals surface area contributed by atoms with Crippen molar-refractivity contribution in [2.24, 2.45) is 0 Å². The predicted octanol–water partition coefficient (Wildman–Crippen LogP) is 6.73. The zero-order valence-electron chi connectivity index (χ0n) is 18.0. The van der Waals surface area contributed by atoms with Crippen LogP contribution in [-0.2, 0) is 12.8 Å². The van der Waals surface area contributed by atoms with E-state index in [1.807, 2.05) is 30.3 Å². The van der Waals surface area contributed by atoms with E-state index in [9.17, 15) is 8.78 Å². The number of rotatable bonds is 6. The molecule has 31 heavy (non-hydrogen) atoms. The van der Waals surface area contributed by atoms with E-state index in [1.54, 1.807) is 25.3 Å². The first-order valence-corrected chi connectivity index (χ1v) is 10.5. The third-order valence-corrected chi connectivity index (χ3v) is 6.16. The zero-order chi connectivity index (χ0) is 22.0. The van der Waals surface area contributed by atoms with E-state index in [0.29, 0.717) is 12.0 Å². The van der Waals surface area contributed by atoms with Crippen molar-refractivity contribution in [3.05, 3.63) is 100 Å². The lowest BCUT2D eigenvalue weighted by atomic mass is 9.73. The van der Waals surface area contributed by atoms with Crippen LogP contribution in [0.2, 0.25) is 0 Å². The van der Waals surface area contributed by atoms with Gasteiger partial charge in [0, 0.05) is 12.3 Å². The summed E-state index contributed by atoms with van der Waals surface area (Å²) >= 11 is 0. The molecule has 2 nitrogen and oxygen atoms in total. The maximum absolute atomic E-state index is 14.5. The lowest BCUT2D eigenvalue weighted by Crippen LogP contribution is -2.17. The van der Waals surface area contributed by atoms with Crippen molar-refractivity contribution in [1.82, 2.24) is 0 Å². The summed E-state index contributed by atoms with van der Waals surface area (Å²) in [5.74, 6) is 0.444. The number of methoxy groups -OCH3 is 2. The van der Waals surface area contributed by atoms with E-state index >= 15 is 0 Å². The van der Waals surface area contributed by atoms with Crippen LogP contribution >= 0.6 is 0 Å². The SMILES string of the molecule is CCC1=C(Cc2ccccc2F)c2cc(OC)ccc2CC1c1ccc(OC)c(F)c1. The number of benzene rings is 3. The van der Waals surface area contributed by atoms with Crippen molar-refractivity contribution in [2.75, 3.05) is 14.2 Å². The van der Waals surface area contributed by atoms with Gasteiger partial charge in [0.1, 0.15) is 11.6 Å². The number of hydrogen-bond acceptors (Lipinski definition) is 2. The van der Waals surface area contributed by atoms with E-state index in [4.69, 9.17) is 9.47 Å². The molecule has 0 bridgehead atoms. The Labute approximate surface area is 182 Å². The highest BCUT2D eigenvalue weighted by atomic mass is 19.1. The molecular weight excluding hydrogens is 394 g/mol. The summed E-state index contributed by atoms with van der Waals surface area (Å²) < 4.78 is 39.6. The minimum absolute atomic E-state index is 0.0214. The molecule has 3 aromatic rings. The Hall–Kier alpha value is -3.14. The first-order valence-electron chi connectivity index (χ1n) is 10.5. The van der Waals surface area contributed by atoms with Crippen molar-refractivity contribution in [1.29, 1.82) is 0 Å². The number of hydrogen-bond donors (Lipinski definition) is 0. The van der Waals surface area contributed by atoms with Gasteiger partial charge in [-0.15, -0.1) is 0 Å². The molecule has 0 radical (unpaired) electrons. The van der Waals surface area contributed by atoms with Crippen LogP contribution in [0, 0.1) is 11.6 Å². The molecule has 0 saturated heterocycles. The molecule has 4 rings (SSSR count). The molecule has 0 fully saturated rings. The van der Waals surface area contributed by atoms with Crippen LogP contribution in [0.1, 0.15) is 41.5 Å². The third kappa shape index (κ3) is 4.07. The molecule has 0 aromatic heterocycles. The molecule has 0 heterocycles. The normalized spacial score (nSPS) is 15.6. The zero-order valence-corrected chi connectivity index (χ0v) is 18.0. The quantitative estimate of drug-likeness (QED) is 0.440. The minimum atomic E-state index is -0.369. The molecule has 3 aromatic carbocycles. The average Bonchev–Trinajstić information content (AvgIpc) is 2.79. The predicted molar refractivity (Wildman–Crippen MR) is 120 cm³/mol. The highest BCUT2D eigenvalue weighted by Gasteiger charge is 2.29. The second-order valence-electron chi connectivity index (χ2n) is 7.80. The van der Waals surface area contributed by atoms with Crippen LogP contribution in [0.5, 0.6) is 11.5 Å². The van der Waals surface area contributed by atoms with Crippen LogP contribution in [-0.4, -0.2) is 14.2 Å². The first-order chi connectivity index (χ1) is 15.0. The summed E-state index contributed by atoms with van der Waals surface area (Å²) in [4.78, 5) is 0. The van der Waals surface area contributed by atoms with Gasteiger partial charge >= 0.3 is 0 Å². The molecule has 0 N–H and O–H groups in total. The van der Waals surface area contributed by atoms with Gasteiger partial charge in [0.2, 0.25) is 0 Å². The van der Waals surface area contributed by atoms with Gasteiger partial charge in [0.25, 0.3) is 0 Å². The molecule has 1 aliphatic rings. The van der Waals surface area contributed by atoms with Crippen molar-refractivity contribution >= 4 is 5.57 Å². The summed E-state index contributed by atoms with van der Waals surface area (Å²) in [5.41, 5.74) is 6.10. The van der Waals surface area contributed by atoms with Crippen molar-refractivity contribution in [3.63, 3.8) is 0 Å². The van der Waals surface area contributed by atoms with Crippen LogP contribution in [0.25, 0.3) is 5.57 Å². The fourth-order valence-corrected chi connectivity index (χ4v) is 4.59. The number of halogens is 2. The summed E-state index contributed by atoms with van der Waals surface area (Å²) in [7, 11) is 3.11. The van der Waals surface area contributed by atoms with Crippen molar-refractivity contribution < 1.29 is 18.3 Å². The van der Waals surface area contributed by atoms with Gasteiger partial charge < -0.3 is 9.47 Å². The summed E-state index contributed by atoms with van der Waals surface area (Å²) in [6.45, 7) is 2.11. The van der Waals surface area contributed by atoms with Gasteiger partial charge in [-0.1, -0.05) is 42.8 Å². The number of ether oxygens (including phenoxy) is 2. The topological polar surface area (TPSA) is 18.5 Å². The number of fused-ring (bicyclic) bond motifs is 1. The standard InChI is InChI=1S/C27H26F2O2/c1-4-21-22(18-10-12-27(31-3)26(29)15-18)13-17-9-11-20(30-2)16-23(17)24(21)14-19-7-5-6-8-25(19)28/h5-12,15-16,22H,4,13-14H2,1-3H3. The second kappa shape index (κ2) is 8.93. The molecule has 160 valence electrons. The Morgan fingerprint density at radius 1 is 0.903 bits per heavy atom. The lowest BCUT2D eigenvalue weighted by Gasteiger charge is -2.31. The fraction of sp³-hybridized carbons (Fsp3) is 0.259. The van der Waals surface area contributed by atoms with Gasteiger partial charge in [0.05, 0.1) is 14.2 Å². The molecule has 4 heteroatoms. The monoisotopic (exact) mass is 420 g/mol. The second-order valence-corrected chi connectivity index (χ2v) is 7.80. The first kappa shape index (κ1) is 21.1. The molecule has 0 saturated carbocycles. The molecule has 0 amide bonds. The Morgan fingerprint density at radius 2 is 1.71 bits per heavy atom. The van der Waals surface area contributed by atoms with E-state index in [1.165, 1.54) is 18.7 Å². The molecule has 0 aliphatic heterocycles. The van der Waals surface area contributed by atoms with Gasteiger partial charge in [-0.25, -0.2) is 8.78 Å². The van der Waals surface area contributed by atoms with E-state index in [2.05, 4.69) is 13.0 Å². The number of allylic oxidation sites excluding steroid dienone is 2. The lowest BCUT2D eigenvalue weighted by molar-refractivity contribution is 0.386. The Morgan fingerprint density at radius 3 is 2.39 bits per heavy atom. The Bertz CT molecular complexity index is 1130. The van der Waals surface area contributed by atoms with Gasteiger partial charge in [-0.2, -0.15) is 0 Å². The third-order valence-electron chi connectivity index (χ3n) is 6.16. The molecule has 1 unspecified atom stereocenters. The van der Waals surface area contributed by atoms with Crippen molar-refractivity contribution in [2.45, 2.75) is 32.1 Å². The highest BCUT2D eigenvalue weighted by Crippen LogP contribution is 2.44. The summed E-state index contributed by atoms with van der Waals surface area (Å²) in [6, 6.07) is 18.1. The largest absolute Gasteiger partial charge is 0.497 e. The summed E-state index contributed by atoms with van der Waals surface area (Å²) in [6.07, 6.45) is 2.03. The Balaban J connectivity index is 1.88. The average molecular weight is 420 g/mol. The van der Waals surface area contributed by atoms with E-state index < -0.39 is 0 Å².